The molecule has 2 saturated heterocycles. The lowest BCUT2D eigenvalue weighted by Crippen LogP contribution is -2.50. The van der Waals surface area contributed by atoms with Crippen molar-refractivity contribution in [3.63, 3.8) is 0 Å². The molecule has 3 atom stereocenters. The van der Waals surface area contributed by atoms with Crippen molar-refractivity contribution >= 4 is 11.8 Å². The molecule has 1 aromatic carbocycles. The number of amides is 2. The summed E-state index contributed by atoms with van der Waals surface area (Å²) in [5, 5.41) is 10.1. The maximum absolute atomic E-state index is 12.9. The minimum Gasteiger partial charge on any atom is -0.391 e. The minimum absolute atomic E-state index is 0.00679. The summed E-state index contributed by atoms with van der Waals surface area (Å²) in [7, 11) is 0. The molecule has 0 spiro atoms. The van der Waals surface area contributed by atoms with Crippen LogP contribution in [0.1, 0.15) is 45.2 Å². The van der Waals surface area contributed by atoms with Gasteiger partial charge in [0.2, 0.25) is 11.8 Å². The smallest absolute Gasteiger partial charge is 0.228 e. The van der Waals surface area contributed by atoms with Crippen LogP contribution in [0.5, 0.6) is 0 Å². The van der Waals surface area contributed by atoms with Gasteiger partial charge in [0.25, 0.3) is 0 Å². The maximum Gasteiger partial charge on any atom is 0.228 e. The van der Waals surface area contributed by atoms with Gasteiger partial charge in [0.1, 0.15) is 0 Å². The van der Waals surface area contributed by atoms with E-state index < -0.39 is 11.6 Å². The Kier molecular flexibility index (Phi) is 4.38. The summed E-state index contributed by atoms with van der Waals surface area (Å²) < 4.78 is 0. The van der Waals surface area contributed by atoms with Crippen LogP contribution in [0.2, 0.25) is 0 Å². The molecule has 3 rings (SSSR count). The highest BCUT2D eigenvalue weighted by Crippen LogP contribution is 2.34. The van der Waals surface area contributed by atoms with Gasteiger partial charge in [-0.05, 0) is 32.8 Å². The second kappa shape index (κ2) is 6.20. The van der Waals surface area contributed by atoms with Crippen LogP contribution in [0, 0.1) is 5.92 Å². The molecule has 0 aromatic heterocycles. The number of carbonyl (C=O) groups excluding carboxylic acids is 2. The van der Waals surface area contributed by atoms with Crippen molar-refractivity contribution in [2.24, 2.45) is 5.92 Å². The number of hydrogen-bond acceptors (Lipinski definition) is 3. The number of rotatable bonds is 3. The van der Waals surface area contributed by atoms with E-state index >= 15 is 0 Å². The SMILES string of the molecule is CC(c1ccccc1)N1CC(C(=O)N2CCC(O)C2(C)C)CC1=O. The largest absolute Gasteiger partial charge is 0.391 e. The number of nitrogens with zero attached hydrogens (tertiary/aromatic N) is 2. The van der Waals surface area contributed by atoms with Crippen molar-refractivity contribution in [2.75, 3.05) is 13.1 Å². The van der Waals surface area contributed by atoms with Crippen molar-refractivity contribution < 1.29 is 14.7 Å². The zero-order valence-electron chi connectivity index (χ0n) is 14.6. The Morgan fingerprint density at radius 2 is 1.96 bits per heavy atom. The van der Waals surface area contributed by atoms with Crippen molar-refractivity contribution in [2.45, 2.75) is 51.3 Å². The van der Waals surface area contributed by atoms with Gasteiger partial charge in [0.05, 0.1) is 23.6 Å². The van der Waals surface area contributed by atoms with Gasteiger partial charge < -0.3 is 14.9 Å². The Morgan fingerprint density at radius 1 is 1.29 bits per heavy atom. The molecule has 5 heteroatoms. The standard InChI is InChI=1S/C19H26N2O3/c1-13(14-7-5-4-6-8-14)20-12-15(11-17(20)23)18(24)21-10-9-16(22)19(21,2)3/h4-8,13,15-16,22H,9-12H2,1-3H3. The summed E-state index contributed by atoms with van der Waals surface area (Å²) >= 11 is 0. The van der Waals surface area contributed by atoms with E-state index in [-0.39, 0.29) is 30.2 Å². The van der Waals surface area contributed by atoms with Crippen LogP contribution >= 0.6 is 0 Å². The van der Waals surface area contributed by atoms with E-state index in [0.29, 0.717) is 19.5 Å². The summed E-state index contributed by atoms with van der Waals surface area (Å²) in [4.78, 5) is 28.9. The molecule has 1 N–H and O–H groups in total. The molecule has 0 radical (unpaired) electrons. The van der Waals surface area contributed by atoms with Crippen molar-refractivity contribution in [3.8, 4) is 0 Å². The van der Waals surface area contributed by atoms with E-state index in [1.807, 2.05) is 51.1 Å². The molecule has 3 unspecified atom stereocenters. The Balaban J connectivity index is 1.72. The summed E-state index contributed by atoms with van der Waals surface area (Å²) in [6, 6.07) is 9.86. The van der Waals surface area contributed by atoms with Gasteiger partial charge >= 0.3 is 0 Å². The van der Waals surface area contributed by atoms with E-state index in [1.54, 1.807) is 9.80 Å². The van der Waals surface area contributed by atoms with Crippen molar-refractivity contribution in [1.82, 2.24) is 9.80 Å². The van der Waals surface area contributed by atoms with E-state index in [1.165, 1.54) is 0 Å². The molecule has 1 aromatic rings. The predicted molar refractivity (Wildman–Crippen MR) is 91.1 cm³/mol. The third-order valence-electron chi connectivity index (χ3n) is 5.66. The average Bonchev–Trinajstić information content (AvgIpc) is 3.07. The second-order valence-corrected chi connectivity index (χ2v) is 7.48. The van der Waals surface area contributed by atoms with Crippen molar-refractivity contribution in [3.05, 3.63) is 35.9 Å². The monoisotopic (exact) mass is 330 g/mol. The number of hydrogen-bond donors (Lipinski definition) is 1. The van der Waals surface area contributed by atoms with Gasteiger partial charge in [-0.2, -0.15) is 0 Å². The molecule has 0 aliphatic carbocycles. The highest BCUT2D eigenvalue weighted by atomic mass is 16.3. The van der Waals surface area contributed by atoms with Gasteiger partial charge in [-0.3, -0.25) is 9.59 Å². The fourth-order valence-corrected chi connectivity index (χ4v) is 3.87. The fraction of sp³-hybridized carbons (Fsp3) is 0.579. The fourth-order valence-electron chi connectivity index (χ4n) is 3.87. The van der Waals surface area contributed by atoms with Crippen LogP contribution in [0.4, 0.5) is 0 Å². The molecule has 0 saturated carbocycles. The van der Waals surface area contributed by atoms with Crippen LogP contribution < -0.4 is 0 Å². The summed E-state index contributed by atoms with van der Waals surface area (Å²) in [5.74, 6) is -0.289. The molecule has 2 aliphatic rings. The lowest BCUT2D eigenvalue weighted by Gasteiger charge is -2.35. The Labute approximate surface area is 143 Å². The Bertz CT molecular complexity index is 629. The molecule has 5 nitrogen and oxygen atoms in total. The van der Waals surface area contributed by atoms with Crippen molar-refractivity contribution in [1.29, 1.82) is 0 Å². The van der Waals surface area contributed by atoms with Gasteiger partial charge in [-0.15, -0.1) is 0 Å². The molecule has 130 valence electrons. The summed E-state index contributed by atoms with van der Waals surface area (Å²) in [5.41, 5.74) is 0.523. The van der Waals surface area contributed by atoms with Gasteiger partial charge in [0, 0.05) is 19.5 Å². The number of aliphatic hydroxyl groups is 1. The zero-order valence-corrected chi connectivity index (χ0v) is 14.6. The van der Waals surface area contributed by atoms with Crippen LogP contribution in [-0.2, 0) is 9.59 Å². The lowest BCUT2D eigenvalue weighted by atomic mass is 9.97. The van der Waals surface area contributed by atoms with E-state index in [2.05, 4.69) is 0 Å². The number of aliphatic hydroxyl groups excluding tert-OH is 1. The van der Waals surface area contributed by atoms with E-state index in [0.717, 1.165) is 5.56 Å². The molecular formula is C19H26N2O3. The Hall–Kier alpha value is -1.88. The minimum atomic E-state index is -0.557. The second-order valence-electron chi connectivity index (χ2n) is 7.48. The average molecular weight is 330 g/mol. The lowest BCUT2D eigenvalue weighted by molar-refractivity contribution is -0.140. The van der Waals surface area contributed by atoms with Crippen LogP contribution in [0.3, 0.4) is 0 Å². The van der Waals surface area contributed by atoms with Crippen LogP contribution in [-0.4, -0.2) is 51.5 Å². The number of carbonyl (C=O) groups is 2. The zero-order chi connectivity index (χ0) is 17.5. The van der Waals surface area contributed by atoms with Gasteiger partial charge in [-0.25, -0.2) is 0 Å². The third-order valence-corrected chi connectivity index (χ3v) is 5.66. The highest BCUT2D eigenvalue weighted by molar-refractivity contribution is 5.90. The van der Waals surface area contributed by atoms with Crippen LogP contribution in [0.25, 0.3) is 0 Å². The molecule has 2 heterocycles. The molecular weight excluding hydrogens is 304 g/mol. The first kappa shape index (κ1) is 17.0. The van der Waals surface area contributed by atoms with E-state index in [9.17, 15) is 14.7 Å². The summed E-state index contributed by atoms with van der Waals surface area (Å²) in [6.07, 6.45) is 0.361. The molecule has 0 bridgehead atoms. The van der Waals surface area contributed by atoms with Gasteiger partial charge in [-0.1, -0.05) is 30.3 Å². The highest BCUT2D eigenvalue weighted by Gasteiger charge is 2.47. The number of likely N-dealkylation sites (tertiary alicyclic amines) is 2. The molecule has 2 fully saturated rings. The summed E-state index contributed by atoms with van der Waals surface area (Å²) in [6.45, 7) is 6.80. The van der Waals surface area contributed by atoms with E-state index in [4.69, 9.17) is 0 Å². The maximum atomic E-state index is 12.9. The number of benzene rings is 1. The molecule has 2 aliphatic heterocycles. The third kappa shape index (κ3) is 2.81. The molecule has 24 heavy (non-hydrogen) atoms. The van der Waals surface area contributed by atoms with Crippen LogP contribution in [0.15, 0.2) is 30.3 Å². The molecule has 2 amide bonds. The van der Waals surface area contributed by atoms with Gasteiger partial charge in [0.15, 0.2) is 0 Å². The first-order chi connectivity index (χ1) is 11.3. The first-order valence-corrected chi connectivity index (χ1v) is 8.66. The normalized spacial score (nSPS) is 27.6. The topological polar surface area (TPSA) is 60.9 Å². The Morgan fingerprint density at radius 3 is 2.54 bits per heavy atom. The quantitative estimate of drug-likeness (QED) is 0.922. The predicted octanol–water partition coefficient (Wildman–Crippen LogP) is 1.97. The first-order valence-electron chi connectivity index (χ1n) is 8.66.